The maximum atomic E-state index is 11.1. The molecule has 0 saturated carbocycles. The Morgan fingerprint density at radius 3 is 2.68 bits per heavy atom. The molecule has 116 valence electrons. The summed E-state index contributed by atoms with van der Waals surface area (Å²) in [6, 6.07) is 3.77. The Kier molecular flexibility index (Phi) is 6.16. The molecule has 0 aliphatic heterocycles. The summed E-state index contributed by atoms with van der Waals surface area (Å²) in [7, 11) is 1.32. The Bertz CT molecular complexity index is 665. The molecule has 0 aromatic heterocycles. The zero-order chi connectivity index (χ0) is 16.7. The number of alkyl halides is 1. The van der Waals surface area contributed by atoms with Crippen LogP contribution in [0.1, 0.15) is 5.56 Å². The summed E-state index contributed by atoms with van der Waals surface area (Å²) < 4.78 is 10.3. The molecule has 0 bridgehead atoms. The molecule has 9 heteroatoms. The van der Waals surface area contributed by atoms with E-state index in [1.54, 1.807) is 0 Å². The number of benzene rings is 1. The van der Waals surface area contributed by atoms with Gasteiger partial charge in [-0.2, -0.15) is 5.26 Å². The Labute approximate surface area is 130 Å². The zero-order valence-corrected chi connectivity index (χ0v) is 12.2. The first-order valence-electron chi connectivity index (χ1n) is 5.84. The van der Waals surface area contributed by atoms with Gasteiger partial charge in [0, 0.05) is 0 Å². The average molecular weight is 327 g/mol. The van der Waals surface area contributed by atoms with E-state index < -0.39 is 22.2 Å². The topological polar surface area (TPSA) is 123 Å². The highest BCUT2D eigenvalue weighted by Gasteiger charge is 2.20. The van der Waals surface area contributed by atoms with Crippen LogP contribution in [0.2, 0.25) is 0 Å². The van der Waals surface area contributed by atoms with Gasteiger partial charge in [0.15, 0.2) is 11.5 Å². The van der Waals surface area contributed by atoms with Crippen LogP contribution in [0.15, 0.2) is 17.7 Å². The molecular weight excluding hydrogens is 316 g/mol. The number of rotatable bonds is 7. The Morgan fingerprint density at radius 1 is 1.55 bits per heavy atom. The van der Waals surface area contributed by atoms with E-state index in [1.165, 1.54) is 19.2 Å². The Morgan fingerprint density at radius 2 is 2.23 bits per heavy atom. The molecule has 0 unspecified atom stereocenters. The summed E-state index contributed by atoms with van der Waals surface area (Å²) in [6.07, 6.45) is 0.897. The van der Waals surface area contributed by atoms with Crippen molar-refractivity contribution in [2.24, 2.45) is 0 Å². The average Bonchev–Trinajstić information content (AvgIpc) is 2.49. The third-order valence-corrected chi connectivity index (χ3v) is 2.65. The van der Waals surface area contributed by atoms with E-state index >= 15 is 0 Å². The van der Waals surface area contributed by atoms with E-state index in [9.17, 15) is 14.9 Å². The van der Waals surface area contributed by atoms with Gasteiger partial charge in [-0.3, -0.25) is 10.1 Å². The van der Waals surface area contributed by atoms with Crippen molar-refractivity contribution in [1.29, 1.82) is 5.26 Å². The van der Waals surface area contributed by atoms with Crippen molar-refractivity contribution in [3.8, 4) is 17.6 Å². The van der Waals surface area contributed by atoms with E-state index in [4.69, 9.17) is 31.4 Å². The number of halogens is 1. The number of carboxylic acid groups (broad SMARTS) is 1. The molecule has 1 N–H and O–H groups in total. The second-order valence-electron chi connectivity index (χ2n) is 3.83. The summed E-state index contributed by atoms with van der Waals surface area (Å²) in [6.45, 7) is 0.114. The van der Waals surface area contributed by atoms with Gasteiger partial charge in [0.05, 0.1) is 29.5 Å². The molecule has 0 aliphatic carbocycles. The number of nitro benzene ring substituents is 1. The van der Waals surface area contributed by atoms with E-state index in [2.05, 4.69) is 0 Å². The van der Waals surface area contributed by atoms with Gasteiger partial charge in [-0.05, 0) is 12.1 Å². The minimum atomic E-state index is -1.49. The highest BCUT2D eigenvalue weighted by molar-refractivity contribution is 6.18. The molecule has 0 radical (unpaired) electrons. The fraction of sp³-hybridized carbons (Fsp3) is 0.231. The third kappa shape index (κ3) is 4.10. The molecule has 0 spiro atoms. The molecule has 0 atom stereocenters. The van der Waals surface area contributed by atoms with Gasteiger partial charge >= 0.3 is 5.97 Å². The van der Waals surface area contributed by atoms with Gasteiger partial charge in [-0.1, -0.05) is 0 Å². The van der Waals surface area contributed by atoms with Gasteiger partial charge in [0.2, 0.25) is 0 Å². The van der Waals surface area contributed by atoms with Gasteiger partial charge in [-0.15, -0.1) is 11.6 Å². The smallest absolute Gasteiger partial charge is 0.346 e. The van der Waals surface area contributed by atoms with Crippen LogP contribution in [0.25, 0.3) is 6.08 Å². The van der Waals surface area contributed by atoms with Crippen LogP contribution in [-0.4, -0.2) is 35.6 Å². The molecule has 0 amide bonds. The predicted molar refractivity (Wildman–Crippen MR) is 77.1 cm³/mol. The summed E-state index contributed by atoms with van der Waals surface area (Å²) in [5, 5.41) is 28.7. The SMILES string of the molecule is COc1cc(C=C(C#N)C(=O)O)c([N+](=O)[O-])cc1OCCCl. The predicted octanol–water partition coefficient (Wildman–Crippen LogP) is 2.21. The van der Waals surface area contributed by atoms with Crippen molar-refractivity contribution < 1.29 is 24.3 Å². The minimum Gasteiger partial charge on any atom is -0.493 e. The molecular formula is C13H11ClN2O6. The monoisotopic (exact) mass is 326 g/mol. The zero-order valence-electron chi connectivity index (χ0n) is 11.4. The number of carboxylic acids is 1. The van der Waals surface area contributed by atoms with Crippen molar-refractivity contribution in [2.75, 3.05) is 19.6 Å². The molecule has 0 aliphatic rings. The number of hydrogen-bond acceptors (Lipinski definition) is 6. The molecule has 0 saturated heterocycles. The van der Waals surface area contributed by atoms with Crippen molar-refractivity contribution in [1.82, 2.24) is 0 Å². The number of nitrogens with zero attached hydrogens (tertiary/aromatic N) is 2. The molecule has 1 aromatic rings. The summed E-state index contributed by atoms with van der Waals surface area (Å²) in [5.74, 6) is -1.06. The van der Waals surface area contributed by atoms with Crippen LogP contribution in [-0.2, 0) is 4.79 Å². The van der Waals surface area contributed by atoms with Gasteiger partial charge in [-0.25, -0.2) is 4.79 Å². The van der Waals surface area contributed by atoms with Crippen molar-refractivity contribution >= 4 is 29.3 Å². The number of methoxy groups -OCH3 is 1. The molecule has 1 rings (SSSR count). The standard InChI is InChI=1S/C13H11ClN2O6/c1-21-11-5-8(4-9(7-15)13(17)18)10(16(19)20)6-12(11)22-3-2-14/h4-6H,2-3H2,1H3,(H,17,18). The number of hydrogen-bond donors (Lipinski definition) is 1. The first kappa shape index (κ1) is 17.3. The van der Waals surface area contributed by atoms with Crippen LogP contribution in [0, 0.1) is 21.4 Å². The van der Waals surface area contributed by atoms with E-state index in [0.717, 1.165) is 12.1 Å². The molecule has 22 heavy (non-hydrogen) atoms. The second-order valence-corrected chi connectivity index (χ2v) is 4.21. The maximum Gasteiger partial charge on any atom is 0.346 e. The normalized spacial score (nSPS) is 10.7. The van der Waals surface area contributed by atoms with E-state index in [1.807, 2.05) is 0 Å². The maximum absolute atomic E-state index is 11.1. The fourth-order valence-corrected chi connectivity index (χ4v) is 1.63. The summed E-state index contributed by atoms with van der Waals surface area (Å²) in [4.78, 5) is 21.2. The van der Waals surface area contributed by atoms with Crippen molar-refractivity contribution in [2.45, 2.75) is 0 Å². The van der Waals surface area contributed by atoms with Crippen molar-refractivity contribution in [3.05, 3.63) is 33.4 Å². The lowest BCUT2D eigenvalue weighted by atomic mass is 10.1. The number of aliphatic carboxylic acids is 1. The van der Waals surface area contributed by atoms with Crippen LogP contribution >= 0.6 is 11.6 Å². The van der Waals surface area contributed by atoms with E-state index in [-0.39, 0.29) is 29.5 Å². The lowest BCUT2D eigenvalue weighted by Crippen LogP contribution is -2.03. The lowest BCUT2D eigenvalue weighted by Gasteiger charge is -2.11. The first-order chi connectivity index (χ1) is 10.4. The van der Waals surface area contributed by atoms with E-state index in [0.29, 0.717) is 0 Å². The van der Waals surface area contributed by atoms with Crippen LogP contribution in [0.5, 0.6) is 11.5 Å². The van der Waals surface area contributed by atoms with Crippen molar-refractivity contribution in [3.63, 3.8) is 0 Å². The minimum absolute atomic E-state index is 0.0842. The third-order valence-electron chi connectivity index (χ3n) is 2.50. The fourth-order valence-electron chi connectivity index (χ4n) is 1.56. The number of nitro groups is 1. The molecule has 1 aromatic carbocycles. The second kappa shape index (κ2) is 7.85. The highest BCUT2D eigenvalue weighted by Crippen LogP contribution is 2.35. The molecule has 8 nitrogen and oxygen atoms in total. The van der Waals surface area contributed by atoms with Gasteiger partial charge in [0.25, 0.3) is 5.69 Å². The summed E-state index contributed by atoms with van der Waals surface area (Å²) >= 11 is 5.49. The highest BCUT2D eigenvalue weighted by atomic mass is 35.5. The Balaban J connectivity index is 3.47. The number of ether oxygens (including phenoxy) is 2. The quantitative estimate of drug-likeness (QED) is 0.268. The van der Waals surface area contributed by atoms with Crippen LogP contribution < -0.4 is 9.47 Å². The molecule has 0 fully saturated rings. The first-order valence-corrected chi connectivity index (χ1v) is 6.38. The lowest BCUT2D eigenvalue weighted by molar-refractivity contribution is -0.385. The Hall–Kier alpha value is -2.79. The number of nitriles is 1. The van der Waals surface area contributed by atoms with Crippen LogP contribution in [0.3, 0.4) is 0 Å². The van der Waals surface area contributed by atoms with Gasteiger partial charge < -0.3 is 14.6 Å². The number of carbonyl (C=O) groups is 1. The largest absolute Gasteiger partial charge is 0.493 e. The molecule has 0 heterocycles. The van der Waals surface area contributed by atoms with Crippen LogP contribution in [0.4, 0.5) is 5.69 Å². The van der Waals surface area contributed by atoms with Gasteiger partial charge in [0.1, 0.15) is 18.2 Å². The summed E-state index contributed by atoms with van der Waals surface area (Å²) in [5.41, 5.74) is -1.14.